The molecule has 0 aromatic carbocycles. The Morgan fingerprint density at radius 2 is 0.906 bits per heavy atom. The number of quaternary nitrogens is 1. The number of nitrogens with zero attached hydrogens (tertiary/aromatic N) is 1. The molecule has 3 atom stereocenters. The fourth-order valence-electron chi connectivity index (χ4n) is 8.05. The minimum Gasteiger partial charge on any atom is -0.756 e. The monoisotopic (exact) mass is 923 g/mol. The summed E-state index contributed by atoms with van der Waals surface area (Å²) in [5.74, 6) is -0.166. The molecule has 1 amide bonds. The molecule has 8 nitrogen and oxygen atoms in total. The highest BCUT2D eigenvalue weighted by Crippen LogP contribution is 2.38. The third-order valence-corrected chi connectivity index (χ3v) is 13.3. The Kier molecular flexibility index (Phi) is 45.9. The van der Waals surface area contributed by atoms with Gasteiger partial charge >= 0.3 is 0 Å². The molecule has 0 aromatic rings. The summed E-state index contributed by atoms with van der Waals surface area (Å²) in [7, 11) is 1.31. The number of hydrogen-bond donors (Lipinski definition) is 2. The van der Waals surface area contributed by atoms with E-state index in [9.17, 15) is 19.4 Å². The van der Waals surface area contributed by atoms with E-state index in [1.165, 1.54) is 180 Å². The minimum absolute atomic E-state index is 0.0130. The van der Waals surface area contributed by atoms with Gasteiger partial charge in [0.2, 0.25) is 5.91 Å². The van der Waals surface area contributed by atoms with Crippen molar-refractivity contribution in [3.05, 3.63) is 36.5 Å². The first kappa shape index (κ1) is 62.7. The molecule has 0 saturated heterocycles. The topological polar surface area (TPSA) is 108 Å². The van der Waals surface area contributed by atoms with Crippen LogP contribution in [-0.4, -0.2) is 68.5 Å². The summed E-state index contributed by atoms with van der Waals surface area (Å²) in [4.78, 5) is 25.3. The van der Waals surface area contributed by atoms with E-state index in [2.05, 4.69) is 55.6 Å². The second kappa shape index (κ2) is 46.8. The summed E-state index contributed by atoms with van der Waals surface area (Å²) in [6, 6.07) is -0.795. The molecular formula is C55H107N2O6P. The number of aliphatic hydroxyl groups is 1. The lowest BCUT2D eigenvalue weighted by Gasteiger charge is -2.30. The van der Waals surface area contributed by atoms with Crippen molar-refractivity contribution in [1.82, 2.24) is 5.32 Å². The van der Waals surface area contributed by atoms with E-state index in [0.29, 0.717) is 23.9 Å². The number of amides is 1. The number of hydrogen-bond acceptors (Lipinski definition) is 6. The first-order valence-corrected chi connectivity index (χ1v) is 28.8. The Balaban J connectivity index is 3.82. The van der Waals surface area contributed by atoms with Crippen LogP contribution in [0.5, 0.6) is 0 Å². The van der Waals surface area contributed by atoms with Crippen molar-refractivity contribution in [2.24, 2.45) is 0 Å². The maximum absolute atomic E-state index is 12.9. The largest absolute Gasteiger partial charge is 0.756 e. The molecule has 0 fully saturated rings. The van der Waals surface area contributed by atoms with Crippen LogP contribution in [0.1, 0.15) is 258 Å². The highest BCUT2D eigenvalue weighted by atomic mass is 31.2. The maximum atomic E-state index is 12.9. The van der Waals surface area contributed by atoms with Crippen LogP contribution >= 0.6 is 7.82 Å². The third-order valence-electron chi connectivity index (χ3n) is 12.4. The SMILES string of the molecule is CCCCCCC/C=C\C/C=C\C/C=C\CCCCCCCCCCCCCCCCCCCCCCC(=O)NC(COP(=O)([O-])OCC[N+](C)(C)C)C(O)CCCCCCCCC. The van der Waals surface area contributed by atoms with Gasteiger partial charge in [-0.05, 0) is 51.4 Å². The molecule has 0 heterocycles. The van der Waals surface area contributed by atoms with Gasteiger partial charge in [-0.25, -0.2) is 0 Å². The molecule has 64 heavy (non-hydrogen) atoms. The molecule has 0 saturated carbocycles. The lowest BCUT2D eigenvalue weighted by molar-refractivity contribution is -0.870. The molecular weight excluding hydrogens is 816 g/mol. The Morgan fingerprint density at radius 1 is 0.547 bits per heavy atom. The van der Waals surface area contributed by atoms with Crippen molar-refractivity contribution in [3.63, 3.8) is 0 Å². The van der Waals surface area contributed by atoms with Crippen molar-refractivity contribution in [2.75, 3.05) is 40.9 Å². The molecule has 0 aliphatic carbocycles. The summed E-state index contributed by atoms with van der Waals surface area (Å²) in [6.07, 6.45) is 59.3. The fraction of sp³-hybridized carbons (Fsp3) is 0.873. The van der Waals surface area contributed by atoms with E-state index in [1.807, 2.05) is 21.1 Å². The zero-order valence-corrected chi connectivity index (χ0v) is 43.9. The van der Waals surface area contributed by atoms with Crippen LogP contribution in [0.15, 0.2) is 36.5 Å². The number of allylic oxidation sites excluding steroid dienone is 6. The van der Waals surface area contributed by atoms with Gasteiger partial charge < -0.3 is 28.8 Å². The van der Waals surface area contributed by atoms with Crippen molar-refractivity contribution in [2.45, 2.75) is 270 Å². The van der Waals surface area contributed by atoms with Gasteiger partial charge in [-0.15, -0.1) is 0 Å². The zero-order valence-electron chi connectivity index (χ0n) is 43.0. The summed E-state index contributed by atoms with van der Waals surface area (Å²) in [6.45, 7) is 4.67. The minimum atomic E-state index is -4.55. The molecule has 2 N–H and O–H groups in total. The first-order valence-electron chi connectivity index (χ1n) is 27.3. The number of unbranched alkanes of at least 4 members (excludes halogenated alkanes) is 31. The normalized spacial score (nSPS) is 14.3. The highest BCUT2D eigenvalue weighted by molar-refractivity contribution is 7.45. The standard InChI is InChI=1S/C55H107N2O6P/c1-6-8-10-12-14-15-16-17-18-19-20-21-22-23-24-25-26-27-28-29-30-31-32-33-34-35-36-37-38-39-40-41-43-45-47-49-55(59)56-53(54(58)48-46-44-42-13-11-9-7-2)52-63-64(60,61)62-51-50-57(3,4)5/h16-17,19-20,22-23,53-54,58H,6-15,18,21,24-52H2,1-5H3,(H-,56,59,60,61)/b17-16-,20-19-,23-22-. The highest BCUT2D eigenvalue weighted by Gasteiger charge is 2.24. The Bertz CT molecular complexity index is 1140. The van der Waals surface area contributed by atoms with Gasteiger partial charge in [0.15, 0.2) is 0 Å². The third kappa shape index (κ3) is 48.6. The zero-order chi connectivity index (χ0) is 47.1. The van der Waals surface area contributed by atoms with Gasteiger partial charge in [0.05, 0.1) is 39.9 Å². The van der Waals surface area contributed by atoms with E-state index in [4.69, 9.17) is 9.05 Å². The van der Waals surface area contributed by atoms with Crippen molar-refractivity contribution >= 4 is 13.7 Å². The van der Waals surface area contributed by atoms with Crippen molar-refractivity contribution < 1.29 is 32.9 Å². The van der Waals surface area contributed by atoms with Crippen molar-refractivity contribution in [1.29, 1.82) is 0 Å². The van der Waals surface area contributed by atoms with E-state index in [1.54, 1.807) is 0 Å². The molecule has 3 unspecified atom stereocenters. The van der Waals surface area contributed by atoms with Gasteiger partial charge in [-0.3, -0.25) is 9.36 Å². The van der Waals surface area contributed by atoms with E-state index < -0.39 is 20.0 Å². The van der Waals surface area contributed by atoms with Gasteiger partial charge in [0, 0.05) is 6.42 Å². The molecule has 0 bridgehead atoms. The summed E-state index contributed by atoms with van der Waals surface area (Å²) in [5, 5.41) is 13.8. The number of likely N-dealkylation sites (N-methyl/N-ethyl adjacent to an activating group) is 1. The predicted octanol–water partition coefficient (Wildman–Crippen LogP) is 15.6. The lowest BCUT2D eigenvalue weighted by Crippen LogP contribution is -2.46. The predicted molar refractivity (Wildman–Crippen MR) is 275 cm³/mol. The number of phosphoric acid groups is 1. The number of carbonyl (C=O) groups is 1. The number of aliphatic hydroxyl groups excluding tert-OH is 1. The van der Waals surface area contributed by atoms with E-state index >= 15 is 0 Å². The average Bonchev–Trinajstić information content (AvgIpc) is 3.25. The number of nitrogens with one attached hydrogen (secondary N) is 1. The van der Waals surface area contributed by atoms with Crippen LogP contribution in [0.4, 0.5) is 0 Å². The van der Waals surface area contributed by atoms with Crippen LogP contribution in [0.25, 0.3) is 0 Å². The first-order chi connectivity index (χ1) is 31.0. The molecule has 0 spiro atoms. The Hall–Kier alpha value is -1.28. The second-order valence-corrected chi connectivity index (χ2v) is 21.4. The van der Waals surface area contributed by atoms with Crippen LogP contribution in [-0.2, 0) is 18.4 Å². The molecule has 0 aliphatic rings. The molecule has 0 aromatic heterocycles. The molecule has 0 radical (unpaired) electrons. The van der Waals surface area contributed by atoms with Gasteiger partial charge in [0.25, 0.3) is 7.82 Å². The number of carbonyl (C=O) groups excluding carboxylic acids is 1. The maximum Gasteiger partial charge on any atom is 0.268 e. The molecule has 0 aliphatic heterocycles. The lowest BCUT2D eigenvalue weighted by atomic mass is 10.0. The Labute approximate surface area is 397 Å². The Morgan fingerprint density at radius 3 is 1.31 bits per heavy atom. The number of rotatable bonds is 50. The van der Waals surface area contributed by atoms with Gasteiger partial charge in [0.1, 0.15) is 13.2 Å². The second-order valence-electron chi connectivity index (χ2n) is 19.9. The van der Waals surface area contributed by atoms with Crippen LogP contribution < -0.4 is 10.2 Å². The van der Waals surface area contributed by atoms with E-state index in [0.717, 1.165) is 51.4 Å². The summed E-state index contributed by atoms with van der Waals surface area (Å²) >= 11 is 0. The quantitative estimate of drug-likeness (QED) is 0.0272. The molecule has 0 rings (SSSR count). The fourth-order valence-corrected chi connectivity index (χ4v) is 8.77. The van der Waals surface area contributed by atoms with Gasteiger partial charge in [-0.1, -0.05) is 237 Å². The number of phosphoric ester groups is 1. The van der Waals surface area contributed by atoms with Crippen LogP contribution in [0, 0.1) is 0 Å². The average molecular weight is 923 g/mol. The molecule has 378 valence electrons. The van der Waals surface area contributed by atoms with Gasteiger partial charge in [-0.2, -0.15) is 0 Å². The smallest absolute Gasteiger partial charge is 0.268 e. The molecule has 9 heteroatoms. The summed E-state index contributed by atoms with van der Waals surface area (Å²) in [5.41, 5.74) is 0. The van der Waals surface area contributed by atoms with E-state index in [-0.39, 0.29) is 19.1 Å². The van der Waals surface area contributed by atoms with Crippen molar-refractivity contribution in [3.8, 4) is 0 Å². The summed E-state index contributed by atoms with van der Waals surface area (Å²) < 4.78 is 23.2. The van der Waals surface area contributed by atoms with Crippen LogP contribution in [0.3, 0.4) is 0 Å². The van der Waals surface area contributed by atoms with Crippen LogP contribution in [0.2, 0.25) is 0 Å².